The zero-order valence-electron chi connectivity index (χ0n) is 6.35. The van der Waals surface area contributed by atoms with E-state index >= 15 is 0 Å². The molecule has 58 valence electrons. The summed E-state index contributed by atoms with van der Waals surface area (Å²) in [4.78, 5) is 0. The van der Waals surface area contributed by atoms with Crippen molar-refractivity contribution < 1.29 is 9.84 Å². The molecule has 1 aliphatic heterocycles. The van der Waals surface area contributed by atoms with E-state index in [1.165, 1.54) is 0 Å². The van der Waals surface area contributed by atoms with Crippen molar-refractivity contribution in [2.75, 3.05) is 13.2 Å². The highest BCUT2D eigenvalue weighted by Crippen LogP contribution is 2.03. The third-order valence-electron chi connectivity index (χ3n) is 1.45. The Morgan fingerprint density at radius 2 is 2.10 bits per heavy atom. The molecule has 0 radical (unpaired) electrons. The first-order valence-corrected chi connectivity index (χ1v) is 3.41. The summed E-state index contributed by atoms with van der Waals surface area (Å²) in [6, 6.07) is 0.315. The first-order chi connectivity index (χ1) is 4.70. The molecule has 10 heavy (non-hydrogen) atoms. The summed E-state index contributed by atoms with van der Waals surface area (Å²) in [7, 11) is 0. The van der Waals surface area contributed by atoms with Crippen LogP contribution in [-0.4, -0.2) is 24.4 Å². The molecule has 0 saturated carbocycles. The number of aliphatic hydroxyl groups is 1. The Kier molecular flexibility index (Phi) is 2.17. The molecule has 0 aromatic carbocycles. The summed E-state index contributed by atoms with van der Waals surface area (Å²) in [6.45, 7) is 5.14. The topological polar surface area (TPSA) is 41.5 Å². The molecule has 3 heteroatoms. The molecule has 3 nitrogen and oxygen atoms in total. The van der Waals surface area contributed by atoms with Gasteiger partial charge >= 0.3 is 0 Å². The molecule has 0 bridgehead atoms. The third kappa shape index (κ3) is 1.64. The fraction of sp³-hybridized carbons (Fsp3) is 0.714. The molecule has 2 N–H and O–H groups in total. The monoisotopic (exact) mass is 143 g/mol. The smallest absolute Gasteiger partial charge is 0.183 e. The summed E-state index contributed by atoms with van der Waals surface area (Å²) in [5.74, 6) is 0.285. The van der Waals surface area contributed by atoms with Crippen LogP contribution in [0.2, 0.25) is 0 Å². The van der Waals surface area contributed by atoms with Gasteiger partial charge in [-0.2, -0.15) is 0 Å². The van der Waals surface area contributed by atoms with E-state index in [4.69, 9.17) is 4.74 Å². The predicted molar refractivity (Wildman–Crippen MR) is 38.7 cm³/mol. The molecule has 0 amide bonds. The van der Waals surface area contributed by atoms with Gasteiger partial charge in [0.25, 0.3) is 0 Å². The maximum Gasteiger partial charge on any atom is 0.183 e. The van der Waals surface area contributed by atoms with Crippen molar-refractivity contribution in [2.24, 2.45) is 0 Å². The molecule has 1 aliphatic rings. The number of aliphatic hydroxyl groups excluding tert-OH is 1. The van der Waals surface area contributed by atoms with Gasteiger partial charge < -0.3 is 15.2 Å². The van der Waals surface area contributed by atoms with Gasteiger partial charge in [-0.15, -0.1) is 0 Å². The Labute approximate surface area is 60.7 Å². The summed E-state index contributed by atoms with van der Waals surface area (Å²) in [6.07, 6.45) is 0. The normalized spacial score (nSPS) is 17.8. The van der Waals surface area contributed by atoms with Gasteiger partial charge in [0.2, 0.25) is 0 Å². The molecule has 0 unspecified atom stereocenters. The van der Waals surface area contributed by atoms with Crippen LogP contribution < -0.4 is 5.32 Å². The molecular formula is C7H13NO2. The lowest BCUT2D eigenvalue weighted by atomic mass is 10.2. The number of hydrogen-bond acceptors (Lipinski definition) is 3. The van der Waals surface area contributed by atoms with Gasteiger partial charge in [-0.3, -0.25) is 0 Å². The van der Waals surface area contributed by atoms with Crippen LogP contribution in [0.1, 0.15) is 13.8 Å². The Morgan fingerprint density at radius 3 is 2.40 bits per heavy atom. The van der Waals surface area contributed by atoms with Crippen LogP contribution in [0, 0.1) is 0 Å². The molecule has 0 atom stereocenters. The molecule has 1 rings (SSSR count). The van der Waals surface area contributed by atoms with Crippen LogP contribution in [0.25, 0.3) is 0 Å². The number of nitrogens with one attached hydrogen (secondary N) is 1. The predicted octanol–water partition coefficient (Wildman–Crippen LogP) is 0.784. The van der Waals surface area contributed by atoms with Crippen molar-refractivity contribution in [1.29, 1.82) is 0 Å². The van der Waals surface area contributed by atoms with E-state index in [1.54, 1.807) is 0 Å². The van der Waals surface area contributed by atoms with Crippen molar-refractivity contribution in [2.45, 2.75) is 19.9 Å². The van der Waals surface area contributed by atoms with E-state index in [9.17, 15) is 5.11 Å². The Morgan fingerprint density at radius 1 is 1.50 bits per heavy atom. The summed E-state index contributed by atoms with van der Waals surface area (Å²) in [5.41, 5.74) is 0.909. The van der Waals surface area contributed by atoms with Crippen LogP contribution in [0.5, 0.6) is 0 Å². The van der Waals surface area contributed by atoms with E-state index in [1.807, 2.05) is 13.8 Å². The van der Waals surface area contributed by atoms with Gasteiger partial charge in [0, 0.05) is 0 Å². The highest BCUT2D eigenvalue weighted by Gasteiger charge is 2.18. The lowest BCUT2D eigenvalue weighted by Gasteiger charge is -2.27. The lowest BCUT2D eigenvalue weighted by molar-refractivity contribution is -0.00618. The van der Waals surface area contributed by atoms with Crippen molar-refractivity contribution in [1.82, 2.24) is 5.32 Å². The van der Waals surface area contributed by atoms with Crippen molar-refractivity contribution in [3.8, 4) is 0 Å². The molecule has 0 spiro atoms. The quantitative estimate of drug-likeness (QED) is 0.561. The Hall–Kier alpha value is -0.700. The first kappa shape index (κ1) is 7.41. The zero-order chi connectivity index (χ0) is 7.56. The van der Waals surface area contributed by atoms with E-state index in [0.29, 0.717) is 19.3 Å². The first-order valence-electron chi connectivity index (χ1n) is 3.41. The highest BCUT2D eigenvalue weighted by atomic mass is 16.5. The van der Waals surface area contributed by atoms with Crippen LogP contribution in [0.3, 0.4) is 0 Å². The highest BCUT2D eigenvalue weighted by molar-refractivity contribution is 5.00. The summed E-state index contributed by atoms with van der Waals surface area (Å²) < 4.78 is 4.92. The minimum Gasteiger partial charge on any atom is -0.495 e. The number of ether oxygens (including phenoxy) is 1. The number of rotatable bonds is 2. The average molecular weight is 143 g/mol. The fourth-order valence-electron chi connectivity index (χ4n) is 0.657. The molecule has 1 fully saturated rings. The third-order valence-corrected chi connectivity index (χ3v) is 1.45. The second-order valence-corrected chi connectivity index (χ2v) is 2.73. The maximum absolute atomic E-state index is 9.17. The molecular weight excluding hydrogens is 130 g/mol. The lowest BCUT2D eigenvalue weighted by Crippen LogP contribution is -2.45. The van der Waals surface area contributed by atoms with Gasteiger partial charge in [-0.1, -0.05) is 0 Å². The summed E-state index contributed by atoms with van der Waals surface area (Å²) in [5, 5.41) is 12.1. The molecule has 1 saturated heterocycles. The van der Waals surface area contributed by atoms with Gasteiger partial charge in [0.15, 0.2) is 5.88 Å². The van der Waals surface area contributed by atoms with Gasteiger partial charge in [-0.25, -0.2) is 0 Å². The second kappa shape index (κ2) is 2.92. The Balaban J connectivity index is 2.30. The van der Waals surface area contributed by atoms with Crippen LogP contribution in [0.15, 0.2) is 11.5 Å². The average Bonchev–Trinajstić information content (AvgIpc) is 1.77. The second-order valence-electron chi connectivity index (χ2n) is 2.73. The SMILES string of the molecule is CC(C)=C(O)NC1COC1. The fourth-order valence-corrected chi connectivity index (χ4v) is 0.657. The number of hydrogen-bond donors (Lipinski definition) is 2. The summed E-state index contributed by atoms with van der Waals surface area (Å²) >= 11 is 0. The van der Waals surface area contributed by atoms with Crippen molar-refractivity contribution >= 4 is 0 Å². The van der Waals surface area contributed by atoms with Crippen molar-refractivity contribution in [3.05, 3.63) is 11.5 Å². The van der Waals surface area contributed by atoms with Crippen LogP contribution in [-0.2, 0) is 4.74 Å². The molecule has 0 aliphatic carbocycles. The molecule has 1 heterocycles. The molecule has 0 aromatic heterocycles. The van der Waals surface area contributed by atoms with Crippen LogP contribution >= 0.6 is 0 Å². The van der Waals surface area contributed by atoms with Crippen LogP contribution in [0.4, 0.5) is 0 Å². The minimum atomic E-state index is 0.285. The van der Waals surface area contributed by atoms with Gasteiger partial charge in [-0.05, 0) is 19.4 Å². The Bertz CT molecular complexity index is 146. The van der Waals surface area contributed by atoms with Gasteiger partial charge in [0.1, 0.15) is 0 Å². The van der Waals surface area contributed by atoms with E-state index in [-0.39, 0.29) is 5.88 Å². The standard InChI is InChI=1S/C7H13NO2/c1-5(2)7(9)8-6-3-10-4-6/h6,8-9H,3-4H2,1-2H3. The largest absolute Gasteiger partial charge is 0.495 e. The zero-order valence-corrected chi connectivity index (χ0v) is 6.35. The van der Waals surface area contributed by atoms with Crippen molar-refractivity contribution in [3.63, 3.8) is 0 Å². The van der Waals surface area contributed by atoms with E-state index in [0.717, 1.165) is 5.57 Å². The number of allylic oxidation sites excluding steroid dienone is 1. The van der Waals surface area contributed by atoms with E-state index < -0.39 is 0 Å². The van der Waals surface area contributed by atoms with E-state index in [2.05, 4.69) is 5.32 Å². The maximum atomic E-state index is 9.17. The molecule has 0 aromatic rings. The van der Waals surface area contributed by atoms with Gasteiger partial charge in [0.05, 0.1) is 19.3 Å². The minimum absolute atomic E-state index is 0.285.